The van der Waals surface area contributed by atoms with Crippen molar-refractivity contribution in [2.75, 3.05) is 171 Å². The third-order valence-electron chi connectivity index (χ3n) is 25.1. The Kier molecular flexibility index (Phi) is 41.4. The molecule has 3 aromatic heterocycles. The van der Waals surface area contributed by atoms with E-state index in [9.17, 15) is 44.1 Å². The summed E-state index contributed by atoms with van der Waals surface area (Å²) in [5.41, 5.74) is 14.0. The van der Waals surface area contributed by atoms with Gasteiger partial charge in [0.15, 0.2) is 17.0 Å². The molecule has 129 heavy (non-hydrogen) atoms. The number of oxazole rings is 1. The highest BCUT2D eigenvalue weighted by Crippen LogP contribution is 2.40. The number of methoxy groups -OCH3 is 3. The molecule has 1 aliphatic carbocycles. The number of piperidine rings is 1. The number of carbonyl (C=O) groups is 6. The second-order valence-electron chi connectivity index (χ2n) is 34.9. The molecule has 16 atom stereocenters. The van der Waals surface area contributed by atoms with Crippen LogP contribution in [0.15, 0.2) is 94.7 Å². The number of rotatable bonds is 38. The molecular formula is C95H140N10O24. The van der Waals surface area contributed by atoms with Crippen LogP contribution < -0.4 is 16.0 Å². The zero-order valence-electron chi connectivity index (χ0n) is 77.5. The van der Waals surface area contributed by atoms with Gasteiger partial charge >= 0.3 is 12.1 Å². The Hall–Kier alpha value is -8.56. The predicted molar refractivity (Wildman–Crippen MR) is 481 cm³/mol. The number of ether oxygens (including phenoxy) is 14. The van der Waals surface area contributed by atoms with E-state index < -0.39 is 102 Å². The number of aromatic nitrogens is 5. The van der Waals surface area contributed by atoms with Crippen molar-refractivity contribution in [3.63, 3.8) is 0 Å². The first-order chi connectivity index (χ1) is 62.2. The summed E-state index contributed by atoms with van der Waals surface area (Å²) in [4.78, 5) is 103. The molecule has 0 unspecified atom stereocenters. The number of fused-ring (bicyclic) bond motifs is 6. The number of hydrogen-bond acceptors (Lipinski definition) is 30. The number of esters is 1. The summed E-state index contributed by atoms with van der Waals surface area (Å²) in [7, 11) is 8.41. The number of carbonyl (C=O) groups excluding carboxylic acids is 6. The van der Waals surface area contributed by atoms with Crippen LogP contribution in [-0.2, 0) is 110 Å². The maximum absolute atomic E-state index is 14.8. The Morgan fingerprint density at radius 2 is 1.39 bits per heavy atom. The molecule has 3 amide bonds. The van der Waals surface area contributed by atoms with Crippen LogP contribution in [0.4, 0.5) is 16.6 Å². The lowest BCUT2D eigenvalue weighted by atomic mass is 9.78. The van der Waals surface area contributed by atoms with Crippen molar-refractivity contribution in [1.82, 2.24) is 39.8 Å². The lowest BCUT2D eigenvalue weighted by molar-refractivity contribution is -0.265. The maximum Gasteiger partial charge on any atom is 0.407 e. The molecule has 7 heterocycles. The van der Waals surface area contributed by atoms with Crippen LogP contribution in [0.5, 0.6) is 0 Å². The molecule has 34 heteroatoms. The van der Waals surface area contributed by atoms with Gasteiger partial charge in [-0.25, -0.2) is 24.2 Å². The minimum absolute atomic E-state index is 0.00506. The first-order valence-corrected chi connectivity index (χ1v) is 45.8. The number of ketones is 2. The standard InChI is InChI=1S/C95H140N10O24/c1-61-18-14-13-15-19-62(2)79(115-10)56-73-26-21-67(7)95(114,129-73)88(110)91(111)104-32-17-16-20-75(104)92(112)126-80(57-76(106)63(3)51-66(6)86(109)87(117-12)85(108)65(5)50-61)64(4)52-68-23-27-78(81(54-68)116-11)128-94(113)97-31-35-119-37-39-121-41-43-123-45-47-125-49-48-124-46-44-122-42-40-120-38-36-118-34-30-82(107)103-33-29-70-53-69(22-24-72(70)59-103)58-105-90-83(89(102(8)9)98-60-99-90)84(101-105)71-25-28-77-74(55-71)100-93(96)127-77/h13-15,18-19,22,24-25,28,51,53,55,60-61,63-65,67-68,73,75-76,78-81,86-87,106,109,114H,16-17,20-21,23,26-27,29-50,52,54,56-59H2,1-12H3,(H2,96,100)(H,97,113)/b15-13+,18-14+,62-19+,66-51+/t61-,63-,64-,65-,67-,68+,73+,75+,76-,78-,79+,80+,81-,86-,87+,95-/m1/s1. The minimum Gasteiger partial charge on any atom is -0.460 e. The van der Waals surface area contributed by atoms with E-state index in [1.165, 1.54) is 17.6 Å². The van der Waals surface area contributed by atoms with Crippen LogP contribution in [0.2, 0.25) is 0 Å². The summed E-state index contributed by atoms with van der Waals surface area (Å²) in [6.07, 6.45) is 11.5. The molecule has 34 nitrogen and oxygen atoms in total. The van der Waals surface area contributed by atoms with Crippen LogP contribution in [0, 0.1) is 35.5 Å². The number of aliphatic hydroxyl groups excluding tert-OH is 2. The van der Waals surface area contributed by atoms with E-state index in [1.807, 2.05) is 105 Å². The molecular weight excluding hydrogens is 1670 g/mol. The highest BCUT2D eigenvalue weighted by Gasteiger charge is 2.53. The van der Waals surface area contributed by atoms with Crippen molar-refractivity contribution in [1.29, 1.82) is 0 Å². The van der Waals surface area contributed by atoms with Gasteiger partial charge in [-0.15, -0.1) is 0 Å². The number of benzene rings is 2. The summed E-state index contributed by atoms with van der Waals surface area (Å²) in [6.45, 7) is 20.6. The summed E-state index contributed by atoms with van der Waals surface area (Å²) in [6, 6.07) is 11.0. The Bertz CT molecular complexity index is 4520. The first-order valence-electron chi connectivity index (χ1n) is 45.8. The molecule has 5 aromatic rings. The molecule has 6 N–H and O–H groups in total. The monoisotopic (exact) mass is 1810 g/mol. The molecule has 714 valence electrons. The minimum atomic E-state index is -2.47. The van der Waals surface area contributed by atoms with Crippen LogP contribution >= 0.6 is 0 Å². The Morgan fingerprint density at radius 1 is 0.713 bits per heavy atom. The number of aliphatic hydroxyl groups is 3. The normalized spacial score (nSPS) is 27.3. The van der Waals surface area contributed by atoms with Gasteiger partial charge in [-0.3, -0.25) is 19.2 Å². The zero-order valence-corrected chi connectivity index (χ0v) is 77.5. The Morgan fingerprint density at radius 3 is 2.05 bits per heavy atom. The number of anilines is 2. The van der Waals surface area contributed by atoms with Crippen LogP contribution in [0.1, 0.15) is 149 Å². The Labute approximate surface area is 757 Å². The number of nitrogens with one attached hydrogen (secondary N) is 1. The molecule has 5 aliphatic rings. The fourth-order valence-corrected chi connectivity index (χ4v) is 17.6. The van der Waals surface area contributed by atoms with Crippen molar-refractivity contribution in [2.45, 2.75) is 212 Å². The smallest absolute Gasteiger partial charge is 0.407 e. The van der Waals surface area contributed by atoms with Crippen molar-refractivity contribution in [3.05, 3.63) is 107 Å². The van der Waals surface area contributed by atoms with Gasteiger partial charge in [0.1, 0.15) is 53.8 Å². The third kappa shape index (κ3) is 30.0. The van der Waals surface area contributed by atoms with Crippen LogP contribution in [0.3, 0.4) is 0 Å². The van der Waals surface area contributed by atoms with Crippen molar-refractivity contribution in [2.24, 2.45) is 35.5 Å². The summed E-state index contributed by atoms with van der Waals surface area (Å²) >= 11 is 0. The predicted octanol–water partition coefficient (Wildman–Crippen LogP) is 9.46. The highest BCUT2D eigenvalue weighted by molar-refractivity contribution is 6.39. The van der Waals surface area contributed by atoms with Gasteiger partial charge in [-0.1, -0.05) is 89.3 Å². The average Bonchev–Trinajstić information content (AvgIpc) is 0.999. The van der Waals surface area contributed by atoms with Crippen molar-refractivity contribution >= 4 is 69.4 Å². The topological polar surface area (TPSA) is 410 Å². The van der Waals surface area contributed by atoms with Crippen molar-refractivity contribution < 1.29 is 115 Å². The number of Topliss-reactive ketones (excluding diaryl/α,β-unsaturated/α-hetero) is 2. The molecule has 10 rings (SSSR count). The maximum atomic E-state index is 14.8. The van der Waals surface area contributed by atoms with Crippen LogP contribution in [0.25, 0.3) is 33.4 Å². The van der Waals surface area contributed by atoms with E-state index in [0.717, 1.165) is 45.6 Å². The summed E-state index contributed by atoms with van der Waals surface area (Å²) in [5, 5.41) is 44.6. The van der Waals surface area contributed by atoms with Crippen LogP contribution in [-0.4, -0.2) is 307 Å². The largest absolute Gasteiger partial charge is 0.460 e. The molecule has 0 spiro atoms. The number of alkyl carbamates (subject to hydrolysis) is 1. The number of allylic oxidation sites excluding steroid dienone is 5. The van der Waals surface area contributed by atoms with Crippen molar-refractivity contribution in [3.8, 4) is 11.3 Å². The first kappa shape index (κ1) is 103. The zero-order chi connectivity index (χ0) is 92.5. The van der Waals surface area contributed by atoms with Gasteiger partial charge in [-0.2, -0.15) is 10.1 Å². The quantitative estimate of drug-likeness (QED) is 0.0106. The SMILES string of the molecule is CO[C@H]1C[C@@H]2CC[C@@H](C)[C@@](O)(O2)C(=O)C(=O)N2CCCC[C@H]2C(=O)O[C@H]([C@H](C)C[C@@H]2CC[C@@H](OC(=O)NCCOCCOCCOCCOCCOCCOCCOCCOCCC(=O)N3CCc4cc(Cn5nc(-c6ccc7oc(N)nc7c6)c6c(N(C)C)ncnc65)ccc4C3)[C@H](OC)C2)C[C@@H](O)[C@H](C)/C=C(\C)[C@@H](O)[C@@H](OC)C(=O)[C@H](C)C[C@H](C)/C=C/C=C/C=C/1C. The summed E-state index contributed by atoms with van der Waals surface area (Å²) in [5.74, 6) is -7.12. The van der Waals surface area contributed by atoms with Gasteiger partial charge < -0.3 is 112 Å². The Balaban J connectivity index is 0.553. The summed E-state index contributed by atoms with van der Waals surface area (Å²) < 4.78 is 88.7. The lowest BCUT2D eigenvalue weighted by Gasteiger charge is -2.43. The molecule has 2 bridgehead atoms. The molecule has 2 aromatic carbocycles. The fourth-order valence-electron chi connectivity index (χ4n) is 17.6. The van der Waals surface area contributed by atoms with Gasteiger partial charge in [-0.05, 0) is 148 Å². The molecule has 3 fully saturated rings. The van der Waals surface area contributed by atoms with Gasteiger partial charge in [0.2, 0.25) is 11.7 Å². The van der Waals surface area contributed by atoms with Gasteiger partial charge in [0, 0.05) is 97.8 Å². The third-order valence-corrected chi connectivity index (χ3v) is 25.1. The van der Waals surface area contributed by atoms with Gasteiger partial charge in [0.05, 0.1) is 148 Å². The van der Waals surface area contributed by atoms with E-state index in [4.69, 9.17) is 81.6 Å². The van der Waals surface area contributed by atoms with E-state index in [-0.39, 0.29) is 74.4 Å². The number of nitrogens with zero attached hydrogens (tertiary/aromatic N) is 8. The lowest BCUT2D eigenvalue weighted by Crippen LogP contribution is -2.61. The highest BCUT2D eigenvalue weighted by atomic mass is 16.6. The number of cyclic esters (lactones) is 1. The molecule has 2 saturated heterocycles. The van der Waals surface area contributed by atoms with E-state index in [2.05, 4.69) is 38.5 Å². The second-order valence-corrected chi connectivity index (χ2v) is 34.9. The number of hydrogen-bond donors (Lipinski definition) is 5. The van der Waals surface area contributed by atoms with E-state index >= 15 is 0 Å². The van der Waals surface area contributed by atoms with E-state index in [1.54, 1.807) is 47.4 Å². The fraction of sp³-hybridized carbons (Fsp3) is 0.663. The van der Waals surface area contributed by atoms with E-state index in [0.29, 0.717) is 205 Å². The second kappa shape index (κ2) is 52.0. The number of nitrogen functional groups attached to an aromatic ring is 1. The molecule has 1 saturated carbocycles. The number of amides is 3. The number of nitrogens with two attached hydrogens (primary N) is 1. The molecule has 0 radical (unpaired) electrons. The average molecular weight is 1810 g/mol. The molecule has 4 aliphatic heterocycles. The van der Waals surface area contributed by atoms with Gasteiger partial charge in [0.25, 0.3) is 17.7 Å².